The molecule has 11 heteroatoms. The van der Waals surface area contributed by atoms with Crippen LogP contribution < -0.4 is 11.5 Å². The van der Waals surface area contributed by atoms with Crippen molar-refractivity contribution in [3.05, 3.63) is 39.6 Å². The second-order valence-electron chi connectivity index (χ2n) is 4.26. The van der Waals surface area contributed by atoms with E-state index in [1.165, 1.54) is 23.9 Å². The summed E-state index contributed by atoms with van der Waals surface area (Å²) in [5, 5.41) is 11.4. The molecule has 120 valence electrons. The first-order chi connectivity index (χ1) is 11.1. The van der Waals surface area contributed by atoms with Crippen LogP contribution in [0.1, 0.15) is 0 Å². The molecule has 0 radical (unpaired) electrons. The third-order valence-corrected chi connectivity index (χ3v) is 4.06. The monoisotopic (exact) mass is 357 g/mol. The van der Waals surface area contributed by atoms with E-state index in [0.717, 1.165) is 10.6 Å². The molecule has 0 aliphatic heterocycles. The highest BCUT2D eigenvalue weighted by Gasteiger charge is 2.23. The van der Waals surface area contributed by atoms with Crippen LogP contribution >= 0.6 is 23.4 Å². The van der Waals surface area contributed by atoms with Gasteiger partial charge in [0, 0.05) is 12.3 Å². The van der Waals surface area contributed by atoms with E-state index in [4.69, 9.17) is 22.0 Å². The van der Waals surface area contributed by atoms with Crippen molar-refractivity contribution in [1.82, 2.24) is 20.0 Å². The largest absolute Gasteiger partial charge is 0.446 e. The van der Waals surface area contributed by atoms with Crippen LogP contribution in [0.25, 0.3) is 17.2 Å². The van der Waals surface area contributed by atoms with Crippen molar-refractivity contribution >= 4 is 23.4 Å². The molecular formula is C12H9ClFN5O3S. The summed E-state index contributed by atoms with van der Waals surface area (Å²) in [7, 11) is 0. The van der Waals surface area contributed by atoms with Gasteiger partial charge in [0.25, 0.3) is 0 Å². The number of thioether (sulfide) groups is 1. The van der Waals surface area contributed by atoms with E-state index in [1.54, 1.807) is 0 Å². The first kappa shape index (κ1) is 15.7. The van der Waals surface area contributed by atoms with E-state index < -0.39 is 11.6 Å². The van der Waals surface area contributed by atoms with Crippen LogP contribution in [0.15, 0.2) is 37.2 Å². The summed E-state index contributed by atoms with van der Waals surface area (Å²) in [5.41, 5.74) is 5.94. The lowest BCUT2D eigenvalue weighted by atomic mass is 10.3. The van der Waals surface area contributed by atoms with Gasteiger partial charge in [-0.05, 0) is 28.5 Å². The summed E-state index contributed by atoms with van der Waals surface area (Å²) >= 11 is 7.05. The molecule has 23 heavy (non-hydrogen) atoms. The molecule has 0 bridgehead atoms. The Hall–Kier alpha value is -2.17. The van der Waals surface area contributed by atoms with Gasteiger partial charge in [-0.2, -0.15) is 0 Å². The van der Waals surface area contributed by atoms with E-state index in [9.17, 15) is 9.18 Å². The van der Waals surface area contributed by atoms with Crippen LogP contribution in [-0.4, -0.2) is 32.3 Å². The minimum absolute atomic E-state index is 0.0680. The van der Waals surface area contributed by atoms with Gasteiger partial charge in [0.2, 0.25) is 5.82 Å². The molecular weight excluding hydrogens is 349 g/mol. The zero-order valence-electron chi connectivity index (χ0n) is 11.4. The highest BCUT2D eigenvalue weighted by molar-refractivity contribution is 7.99. The molecule has 0 spiro atoms. The van der Waals surface area contributed by atoms with E-state index in [0.29, 0.717) is 17.3 Å². The van der Waals surface area contributed by atoms with Crippen LogP contribution in [0.5, 0.6) is 0 Å². The fourth-order valence-corrected chi connectivity index (χ4v) is 2.66. The zero-order chi connectivity index (χ0) is 16.4. The topological polar surface area (TPSA) is 113 Å². The Kier molecular flexibility index (Phi) is 4.46. The van der Waals surface area contributed by atoms with Gasteiger partial charge in [-0.1, -0.05) is 28.5 Å². The summed E-state index contributed by atoms with van der Waals surface area (Å²) in [6, 6.07) is 3.77. The van der Waals surface area contributed by atoms with E-state index in [2.05, 4.69) is 20.0 Å². The van der Waals surface area contributed by atoms with E-state index >= 15 is 0 Å². The quantitative estimate of drug-likeness (QED) is 0.687. The third-order valence-electron chi connectivity index (χ3n) is 2.79. The van der Waals surface area contributed by atoms with Crippen LogP contribution in [0.2, 0.25) is 5.02 Å². The molecule has 0 aliphatic rings. The fourth-order valence-electron chi connectivity index (χ4n) is 1.82. The van der Waals surface area contributed by atoms with Crippen molar-refractivity contribution in [2.75, 3.05) is 12.3 Å². The minimum Gasteiger partial charge on any atom is -0.330 e. The lowest BCUT2D eigenvalue weighted by Gasteiger charge is -2.04. The number of benzene rings is 1. The standard InChI is InChI=1S/C12H9ClFN5O3S/c13-7-5-6(1-2-8(7)14)19-10(17-21-12(19)20)9-11(18-22-16-9)23-4-3-15/h1-2,5H,3-4,15H2. The van der Waals surface area contributed by atoms with Crippen LogP contribution in [0.4, 0.5) is 4.39 Å². The molecule has 1 aromatic carbocycles. The number of aromatic nitrogens is 4. The molecule has 0 fully saturated rings. The molecule has 0 saturated carbocycles. The van der Waals surface area contributed by atoms with Crippen molar-refractivity contribution in [2.24, 2.45) is 5.73 Å². The Labute approximate surface area is 137 Å². The second-order valence-corrected chi connectivity index (χ2v) is 5.75. The summed E-state index contributed by atoms with van der Waals surface area (Å²) in [6.07, 6.45) is 0. The molecule has 0 aliphatic carbocycles. The Morgan fingerprint density at radius 3 is 2.91 bits per heavy atom. The van der Waals surface area contributed by atoms with Crippen molar-refractivity contribution in [3.63, 3.8) is 0 Å². The van der Waals surface area contributed by atoms with E-state index in [-0.39, 0.29) is 22.2 Å². The van der Waals surface area contributed by atoms with Gasteiger partial charge in [0.05, 0.1) is 10.7 Å². The molecule has 0 amide bonds. The van der Waals surface area contributed by atoms with Crippen molar-refractivity contribution in [1.29, 1.82) is 0 Å². The van der Waals surface area contributed by atoms with E-state index in [1.807, 2.05) is 0 Å². The highest BCUT2D eigenvalue weighted by Crippen LogP contribution is 2.28. The Balaban J connectivity index is 2.11. The van der Waals surface area contributed by atoms with Gasteiger partial charge >= 0.3 is 5.76 Å². The SMILES string of the molecule is NCCSc1nonc1-c1noc(=O)n1-c1ccc(F)c(Cl)c1. The lowest BCUT2D eigenvalue weighted by molar-refractivity contribution is 0.299. The minimum atomic E-state index is -0.777. The fraction of sp³-hybridized carbons (Fsp3) is 0.167. The number of nitrogens with zero attached hydrogens (tertiary/aromatic N) is 4. The van der Waals surface area contributed by atoms with Gasteiger partial charge in [-0.3, -0.25) is 4.52 Å². The number of rotatable bonds is 5. The molecule has 3 aromatic rings. The molecule has 2 heterocycles. The van der Waals surface area contributed by atoms with Gasteiger partial charge < -0.3 is 5.73 Å². The lowest BCUT2D eigenvalue weighted by Crippen LogP contribution is -2.13. The average Bonchev–Trinajstić information content (AvgIpc) is 3.14. The molecule has 0 unspecified atom stereocenters. The number of nitrogens with two attached hydrogens (primary N) is 1. The summed E-state index contributed by atoms with van der Waals surface area (Å²) in [5.74, 6) is -0.742. The summed E-state index contributed by atoms with van der Waals surface area (Å²) in [4.78, 5) is 11.9. The molecule has 2 N–H and O–H groups in total. The predicted octanol–water partition coefficient (Wildman–Crippen LogP) is 1.72. The smallest absolute Gasteiger partial charge is 0.330 e. The van der Waals surface area contributed by atoms with Crippen molar-refractivity contribution < 1.29 is 13.5 Å². The maximum absolute atomic E-state index is 13.3. The van der Waals surface area contributed by atoms with Gasteiger partial charge in [0.15, 0.2) is 10.7 Å². The van der Waals surface area contributed by atoms with Crippen LogP contribution in [-0.2, 0) is 0 Å². The van der Waals surface area contributed by atoms with Gasteiger partial charge in [-0.25, -0.2) is 18.4 Å². The van der Waals surface area contributed by atoms with Gasteiger partial charge in [-0.15, -0.1) is 0 Å². The molecule has 2 aromatic heterocycles. The molecule has 3 rings (SSSR count). The number of hydrogen-bond acceptors (Lipinski definition) is 8. The first-order valence-corrected chi connectivity index (χ1v) is 7.68. The Morgan fingerprint density at radius 1 is 1.35 bits per heavy atom. The van der Waals surface area contributed by atoms with Crippen molar-refractivity contribution in [3.8, 4) is 17.2 Å². The van der Waals surface area contributed by atoms with Crippen LogP contribution in [0.3, 0.4) is 0 Å². The third kappa shape index (κ3) is 3.00. The Morgan fingerprint density at radius 2 is 2.17 bits per heavy atom. The second kappa shape index (κ2) is 6.52. The highest BCUT2D eigenvalue weighted by atomic mass is 35.5. The molecule has 0 saturated heterocycles. The predicted molar refractivity (Wildman–Crippen MR) is 80.1 cm³/mol. The zero-order valence-corrected chi connectivity index (χ0v) is 13.0. The number of halogens is 2. The first-order valence-electron chi connectivity index (χ1n) is 6.31. The van der Waals surface area contributed by atoms with Crippen LogP contribution in [0, 0.1) is 5.82 Å². The normalized spacial score (nSPS) is 11.1. The van der Waals surface area contributed by atoms with Crippen molar-refractivity contribution in [2.45, 2.75) is 5.03 Å². The Bertz CT molecular complexity index is 893. The summed E-state index contributed by atoms with van der Waals surface area (Å²) in [6.45, 7) is 0.427. The summed E-state index contributed by atoms with van der Waals surface area (Å²) < 4.78 is 23.8. The maximum Gasteiger partial charge on any atom is 0.446 e. The molecule has 0 atom stereocenters. The molecule has 8 nitrogen and oxygen atoms in total. The average molecular weight is 358 g/mol. The maximum atomic E-state index is 13.3. The number of hydrogen-bond donors (Lipinski definition) is 1. The van der Waals surface area contributed by atoms with Gasteiger partial charge in [0.1, 0.15) is 5.82 Å².